The van der Waals surface area contributed by atoms with Gasteiger partial charge < -0.3 is 5.11 Å². The fraction of sp³-hybridized carbons (Fsp3) is 0.273. The summed E-state index contributed by atoms with van der Waals surface area (Å²) < 4.78 is 31.3. The minimum atomic E-state index is -4.46. The van der Waals surface area contributed by atoms with Crippen LogP contribution < -0.4 is 34.7 Å². The van der Waals surface area contributed by atoms with E-state index < -0.39 is 20.9 Å². The number of ketones is 1. The van der Waals surface area contributed by atoms with E-state index in [9.17, 15) is 18.3 Å². The third-order valence-corrected chi connectivity index (χ3v) is 3.42. The molecule has 0 aliphatic rings. The Balaban J connectivity index is 0.00000361. The molecule has 104 valence electrons. The molecule has 1 aromatic carbocycles. The zero-order valence-corrected chi connectivity index (χ0v) is 14.7. The monoisotopic (exact) mass is 327 g/mol. The molecular formula is C11H11ClNNaO5S. The predicted octanol–water partition coefficient (Wildman–Crippen LogP) is -1.73. The topological polar surface area (TPSA) is 107 Å². The Morgan fingerprint density at radius 2 is 2.00 bits per heavy atom. The largest absolute Gasteiger partial charge is 1.00 e. The average Bonchev–Trinajstić information content (AvgIpc) is 2.19. The molecule has 0 aromatic heterocycles. The van der Waals surface area contributed by atoms with Crippen molar-refractivity contribution in [3.8, 4) is 0 Å². The number of Topliss-reactive ketones (excluding diaryl/α,β-unsaturated/α-hetero) is 1. The number of rotatable bonds is 4. The number of halogens is 1. The van der Waals surface area contributed by atoms with Gasteiger partial charge in [-0.1, -0.05) is 11.6 Å². The van der Waals surface area contributed by atoms with Crippen LogP contribution in [-0.2, 0) is 14.9 Å². The van der Waals surface area contributed by atoms with Crippen molar-refractivity contribution in [1.82, 2.24) is 0 Å². The average molecular weight is 328 g/mol. The van der Waals surface area contributed by atoms with E-state index >= 15 is 0 Å². The summed E-state index contributed by atoms with van der Waals surface area (Å²) in [5, 5.41) is 11.4. The van der Waals surface area contributed by atoms with Crippen LogP contribution in [0.3, 0.4) is 0 Å². The maximum atomic E-state index is 11.4. The first-order valence-corrected chi connectivity index (χ1v) is 6.94. The summed E-state index contributed by atoms with van der Waals surface area (Å²) in [6, 6.07) is 2.34. The third-order valence-electron chi connectivity index (χ3n) is 2.22. The van der Waals surface area contributed by atoms with E-state index in [0.29, 0.717) is 0 Å². The van der Waals surface area contributed by atoms with Crippen molar-refractivity contribution < 1.29 is 52.4 Å². The summed E-state index contributed by atoms with van der Waals surface area (Å²) in [4.78, 5) is 14.0. The second-order valence-corrected chi connectivity index (χ2v) is 5.73. The molecule has 0 amide bonds. The molecule has 1 N–H and O–H groups in total. The zero-order valence-electron chi connectivity index (χ0n) is 11.2. The van der Waals surface area contributed by atoms with Crippen LogP contribution in [0.2, 0.25) is 5.02 Å². The summed E-state index contributed by atoms with van der Waals surface area (Å²) in [6.45, 7) is 2.61. The molecule has 20 heavy (non-hydrogen) atoms. The first-order valence-electron chi connectivity index (χ1n) is 5.13. The third kappa shape index (κ3) is 5.51. The first kappa shape index (κ1) is 19.6. The van der Waals surface area contributed by atoms with E-state index in [1.807, 2.05) is 0 Å². The molecule has 0 fully saturated rings. The summed E-state index contributed by atoms with van der Waals surface area (Å²) in [5.41, 5.74) is 0.0928. The number of carbonyl (C=O) groups excluding carboxylic acids is 1. The van der Waals surface area contributed by atoms with E-state index in [0.717, 1.165) is 6.07 Å². The molecule has 0 bridgehead atoms. The Hall–Kier alpha value is -0.440. The fourth-order valence-electron chi connectivity index (χ4n) is 1.41. The Kier molecular flexibility index (Phi) is 7.37. The SMILES string of the molecule is CC(=O)CC([O-])=Nc1cc(Cl)cc(S(=O)(=O)O)c1C.[Na+]. The smallest absolute Gasteiger partial charge is 0.861 e. The molecule has 0 spiro atoms. The molecule has 1 rings (SSSR count). The van der Waals surface area contributed by atoms with Crippen molar-refractivity contribution in [1.29, 1.82) is 0 Å². The number of nitrogens with zero attached hydrogens (tertiary/aromatic N) is 1. The molecular weight excluding hydrogens is 317 g/mol. The molecule has 0 atom stereocenters. The van der Waals surface area contributed by atoms with Crippen molar-refractivity contribution in [3.63, 3.8) is 0 Å². The number of aliphatic imine (C=N–C) groups is 1. The van der Waals surface area contributed by atoms with Gasteiger partial charge in [0.2, 0.25) is 0 Å². The van der Waals surface area contributed by atoms with Crippen LogP contribution in [0.5, 0.6) is 0 Å². The van der Waals surface area contributed by atoms with Crippen molar-refractivity contribution in [3.05, 3.63) is 22.7 Å². The van der Waals surface area contributed by atoms with Gasteiger partial charge in [0.1, 0.15) is 10.7 Å². The van der Waals surface area contributed by atoms with Gasteiger partial charge in [0, 0.05) is 11.4 Å². The summed E-state index contributed by atoms with van der Waals surface area (Å²) in [5.74, 6) is -1.07. The van der Waals surface area contributed by atoms with Gasteiger partial charge in [-0.3, -0.25) is 14.3 Å². The van der Waals surface area contributed by atoms with E-state index in [1.54, 1.807) is 0 Å². The van der Waals surface area contributed by atoms with E-state index in [2.05, 4.69) is 4.99 Å². The van der Waals surface area contributed by atoms with Gasteiger partial charge in [-0.2, -0.15) is 8.42 Å². The van der Waals surface area contributed by atoms with Crippen LogP contribution in [0.25, 0.3) is 0 Å². The quantitative estimate of drug-likeness (QED) is 0.306. The number of hydrogen-bond donors (Lipinski definition) is 1. The van der Waals surface area contributed by atoms with E-state index in [1.165, 1.54) is 19.9 Å². The molecule has 0 radical (unpaired) electrons. The molecule has 0 saturated carbocycles. The Morgan fingerprint density at radius 3 is 2.45 bits per heavy atom. The van der Waals surface area contributed by atoms with E-state index in [4.69, 9.17) is 16.2 Å². The molecule has 0 saturated heterocycles. The Bertz CT molecular complexity index is 657. The van der Waals surface area contributed by atoms with Gasteiger partial charge in [-0.05, 0) is 37.4 Å². The summed E-state index contributed by atoms with van der Waals surface area (Å²) in [7, 11) is -4.46. The maximum absolute atomic E-state index is 11.4. The van der Waals surface area contributed by atoms with Gasteiger partial charge in [0.05, 0.1) is 5.69 Å². The maximum Gasteiger partial charge on any atom is 1.00 e. The number of carbonyl (C=O) groups is 1. The summed E-state index contributed by atoms with van der Waals surface area (Å²) >= 11 is 5.70. The molecule has 0 unspecified atom stereocenters. The standard InChI is InChI=1S/C11H12ClNO5S.Na/c1-6(14)3-11(15)13-9-4-8(12)5-10(7(9)2)19(16,17)18;/h4-5H,3H2,1-2H3,(H,13,15)(H,16,17,18);/q;+1/p-1. The van der Waals surface area contributed by atoms with Crippen LogP contribution in [-0.4, -0.2) is 24.7 Å². The molecule has 0 heterocycles. The van der Waals surface area contributed by atoms with Crippen LogP contribution in [0.15, 0.2) is 22.0 Å². The van der Waals surface area contributed by atoms with Gasteiger partial charge >= 0.3 is 29.6 Å². The van der Waals surface area contributed by atoms with Crippen molar-refractivity contribution >= 4 is 39.1 Å². The van der Waals surface area contributed by atoms with Gasteiger partial charge in [0.15, 0.2) is 0 Å². The van der Waals surface area contributed by atoms with Crippen LogP contribution in [0.4, 0.5) is 5.69 Å². The van der Waals surface area contributed by atoms with Crippen LogP contribution >= 0.6 is 11.6 Å². The fourth-order valence-corrected chi connectivity index (χ4v) is 2.46. The van der Waals surface area contributed by atoms with Gasteiger partial charge in [0.25, 0.3) is 10.1 Å². The van der Waals surface area contributed by atoms with Crippen molar-refractivity contribution in [2.24, 2.45) is 4.99 Å². The van der Waals surface area contributed by atoms with Gasteiger partial charge in [-0.25, -0.2) is 0 Å². The molecule has 6 nitrogen and oxygen atoms in total. The minimum absolute atomic E-state index is 0. The van der Waals surface area contributed by atoms with Crippen molar-refractivity contribution in [2.45, 2.75) is 25.2 Å². The van der Waals surface area contributed by atoms with Gasteiger partial charge in [-0.15, -0.1) is 0 Å². The van der Waals surface area contributed by atoms with Crippen LogP contribution in [0.1, 0.15) is 18.9 Å². The summed E-state index contributed by atoms with van der Waals surface area (Å²) in [6.07, 6.45) is -0.382. The zero-order chi connectivity index (χ0) is 14.8. The second-order valence-electron chi connectivity index (χ2n) is 3.91. The predicted molar refractivity (Wildman–Crippen MR) is 68.4 cm³/mol. The van der Waals surface area contributed by atoms with E-state index in [-0.39, 0.29) is 58.0 Å². The molecule has 9 heteroatoms. The Morgan fingerprint density at radius 1 is 1.45 bits per heavy atom. The van der Waals surface area contributed by atoms with Crippen molar-refractivity contribution in [2.75, 3.05) is 0 Å². The Labute approximate surface area is 143 Å². The number of benzene rings is 1. The van der Waals surface area contributed by atoms with Crippen LogP contribution in [0, 0.1) is 6.92 Å². The first-order chi connectivity index (χ1) is 8.61. The second kappa shape index (κ2) is 7.53. The minimum Gasteiger partial charge on any atom is -0.861 e. The normalized spacial score (nSPS) is 11.9. The molecule has 0 aliphatic heterocycles. The molecule has 0 aliphatic carbocycles. The number of hydrogen-bond acceptors (Lipinski definition) is 5. The molecule has 1 aromatic rings.